The Balaban J connectivity index is 1.88. The molecule has 2 rings (SSSR count). The molecule has 0 fully saturated rings. The van der Waals surface area contributed by atoms with Crippen LogP contribution in [0.4, 0.5) is 5.69 Å². The monoisotopic (exact) mass is 286 g/mol. The number of benzene rings is 1. The third kappa shape index (κ3) is 4.07. The topological polar surface area (TPSA) is 54.3 Å². The molecule has 5 heteroatoms. The van der Waals surface area contributed by atoms with Gasteiger partial charge in [-0.05, 0) is 49.0 Å². The fourth-order valence-electron chi connectivity index (χ4n) is 1.56. The highest BCUT2D eigenvalue weighted by Crippen LogP contribution is 2.12. The molecule has 0 aliphatic heterocycles. The average Bonchev–Trinajstić information content (AvgIpc) is 2.92. The van der Waals surface area contributed by atoms with Crippen LogP contribution >= 0.6 is 12.2 Å². The van der Waals surface area contributed by atoms with Gasteiger partial charge in [0.15, 0.2) is 5.11 Å². The largest absolute Gasteiger partial charge is 0.465 e. The van der Waals surface area contributed by atoms with Crippen LogP contribution in [0.1, 0.15) is 11.3 Å². The Labute approximate surface area is 122 Å². The van der Waals surface area contributed by atoms with Crippen LogP contribution in [-0.2, 0) is 4.79 Å². The van der Waals surface area contributed by atoms with Gasteiger partial charge in [0.25, 0.3) is 0 Å². The Hall–Kier alpha value is -2.40. The van der Waals surface area contributed by atoms with E-state index < -0.39 is 0 Å². The van der Waals surface area contributed by atoms with Crippen LogP contribution in [0.5, 0.6) is 0 Å². The first-order valence-corrected chi connectivity index (χ1v) is 6.45. The molecule has 0 aliphatic carbocycles. The molecule has 0 unspecified atom stereocenters. The van der Waals surface area contributed by atoms with Crippen molar-refractivity contribution in [2.45, 2.75) is 6.92 Å². The van der Waals surface area contributed by atoms with Crippen LogP contribution in [0.3, 0.4) is 0 Å². The van der Waals surface area contributed by atoms with Crippen molar-refractivity contribution in [3.8, 4) is 0 Å². The number of furan rings is 1. The van der Waals surface area contributed by atoms with E-state index in [1.807, 2.05) is 31.2 Å². The maximum Gasteiger partial charge on any atom is 0.250 e. The zero-order chi connectivity index (χ0) is 14.4. The molecule has 0 atom stereocenters. The molecular weight excluding hydrogens is 272 g/mol. The Morgan fingerprint density at radius 3 is 2.75 bits per heavy atom. The lowest BCUT2D eigenvalue weighted by atomic mass is 10.2. The minimum Gasteiger partial charge on any atom is -0.465 e. The van der Waals surface area contributed by atoms with Gasteiger partial charge >= 0.3 is 0 Å². The van der Waals surface area contributed by atoms with Crippen molar-refractivity contribution < 1.29 is 9.21 Å². The van der Waals surface area contributed by atoms with Gasteiger partial charge in [-0.15, -0.1) is 0 Å². The van der Waals surface area contributed by atoms with E-state index in [9.17, 15) is 4.79 Å². The second-order valence-corrected chi connectivity index (χ2v) is 4.52. The number of nitrogens with one attached hydrogen (secondary N) is 2. The fourth-order valence-corrected chi connectivity index (χ4v) is 1.77. The molecule has 0 saturated carbocycles. The lowest BCUT2D eigenvalue weighted by Crippen LogP contribution is -2.33. The molecule has 0 bridgehead atoms. The van der Waals surface area contributed by atoms with E-state index in [4.69, 9.17) is 16.6 Å². The zero-order valence-corrected chi connectivity index (χ0v) is 11.7. The standard InChI is InChI=1S/C15H14N2O2S/c1-11-5-2-3-7-13(11)16-15(20)17-14(18)9-8-12-6-4-10-19-12/h2-10H,1H3,(H2,16,17,18,20). The van der Waals surface area contributed by atoms with Gasteiger partial charge in [0.1, 0.15) is 5.76 Å². The smallest absolute Gasteiger partial charge is 0.250 e. The quantitative estimate of drug-likeness (QED) is 0.672. The number of anilines is 1. The van der Waals surface area contributed by atoms with E-state index in [1.54, 1.807) is 24.5 Å². The number of carbonyl (C=O) groups excluding carboxylic acids is 1. The lowest BCUT2D eigenvalue weighted by Gasteiger charge is -2.10. The van der Waals surface area contributed by atoms with Crippen LogP contribution < -0.4 is 10.6 Å². The van der Waals surface area contributed by atoms with E-state index >= 15 is 0 Å². The summed E-state index contributed by atoms with van der Waals surface area (Å²) in [4.78, 5) is 11.7. The first-order chi connectivity index (χ1) is 9.65. The number of para-hydroxylation sites is 1. The van der Waals surface area contributed by atoms with Crippen LogP contribution in [0.15, 0.2) is 53.2 Å². The maximum absolute atomic E-state index is 11.7. The van der Waals surface area contributed by atoms with Gasteiger partial charge in [-0.1, -0.05) is 18.2 Å². The predicted octanol–water partition coefficient (Wildman–Crippen LogP) is 3.11. The SMILES string of the molecule is Cc1ccccc1NC(=S)NC(=O)C=Cc1ccco1. The van der Waals surface area contributed by atoms with Gasteiger partial charge in [0.05, 0.1) is 6.26 Å². The van der Waals surface area contributed by atoms with Gasteiger partial charge in [-0.3, -0.25) is 10.1 Å². The number of hydrogen-bond donors (Lipinski definition) is 2. The van der Waals surface area contributed by atoms with Crippen LogP contribution in [0.2, 0.25) is 0 Å². The number of aryl methyl sites for hydroxylation is 1. The summed E-state index contributed by atoms with van der Waals surface area (Å²) in [5, 5.41) is 5.81. The number of rotatable bonds is 3. The normalized spacial score (nSPS) is 10.4. The molecule has 0 aliphatic rings. The molecule has 20 heavy (non-hydrogen) atoms. The Morgan fingerprint density at radius 1 is 1.25 bits per heavy atom. The summed E-state index contributed by atoms with van der Waals surface area (Å²) in [6.45, 7) is 1.96. The summed E-state index contributed by atoms with van der Waals surface area (Å²) >= 11 is 5.09. The van der Waals surface area contributed by atoms with E-state index in [-0.39, 0.29) is 11.0 Å². The molecule has 0 spiro atoms. The molecule has 2 N–H and O–H groups in total. The molecule has 1 aromatic heterocycles. The van der Waals surface area contributed by atoms with Crippen molar-refractivity contribution >= 4 is 35.0 Å². The molecule has 102 valence electrons. The summed E-state index contributed by atoms with van der Waals surface area (Å²) in [5.74, 6) is 0.297. The van der Waals surface area contributed by atoms with Gasteiger partial charge in [0.2, 0.25) is 5.91 Å². The average molecular weight is 286 g/mol. The summed E-state index contributed by atoms with van der Waals surface area (Å²) in [5.41, 5.74) is 1.92. The summed E-state index contributed by atoms with van der Waals surface area (Å²) in [6.07, 6.45) is 4.48. The zero-order valence-electron chi connectivity index (χ0n) is 10.9. The lowest BCUT2D eigenvalue weighted by molar-refractivity contribution is -0.115. The van der Waals surface area contributed by atoms with E-state index in [1.165, 1.54) is 6.08 Å². The highest BCUT2D eigenvalue weighted by molar-refractivity contribution is 7.80. The maximum atomic E-state index is 11.7. The van der Waals surface area contributed by atoms with Crippen LogP contribution in [0, 0.1) is 6.92 Å². The van der Waals surface area contributed by atoms with Gasteiger partial charge in [-0.25, -0.2) is 0 Å². The fraction of sp³-hybridized carbons (Fsp3) is 0.0667. The molecule has 1 amide bonds. The molecule has 1 aromatic carbocycles. The molecule has 1 heterocycles. The second kappa shape index (κ2) is 6.68. The van der Waals surface area contributed by atoms with E-state index in [0.717, 1.165) is 11.3 Å². The summed E-state index contributed by atoms with van der Waals surface area (Å²) < 4.78 is 5.08. The van der Waals surface area contributed by atoms with Gasteiger partial charge in [0, 0.05) is 11.8 Å². The molecule has 2 aromatic rings. The number of hydrogen-bond acceptors (Lipinski definition) is 3. The molecule has 4 nitrogen and oxygen atoms in total. The van der Waals surface area contributed by atoms with Crippen LogP contribution in [-0.4, -0.2) is 11.0 Å². The predicted molar refractivity (Wildman–Crippen MR) is 83.3 cm³/mol. The number of carbonyl (C=O) groups is 1. The van der Waals surface area contributed by atoms with Crippen molar-refractivity contribution in [1.82, 2.24) is 5.32 Å². The number of amides is 1. The Morgan fingerprint density at radius 2 is 2.05 bits per heavy atom. The minimum absolute atomic E-state index is 0.258. The first kappa shape index (κ1) is 14.0. The third-order valence-corrected chi connectivity index (χ3v) is 2.78. The Kier molecular flexibility index (Phi) is 4.68. The van der Waals surface area contributed by atoms with E-state index in [0.29, 0.717) is 5.76 Å². The highest BCUT2D eigenvalue weighted by atomic mass is 32.1. The van der Waals surface area contributed by atoms with Crippen molar-refractivity contribution in [3.05, 3.63) is 60.1 Å². The molecule has 0 radical (unpaired) electrons. The van der Waals surface area contributed by atoms with Crippen molar-refractivity contribution in [2.75, 3.05) is 5.32 Å². The third-order valence-electron chi connectivity index (χ3n) is 2.57. The van der Waals surface area contributed by atoms with Crippen molar-refractivity contribution in [1.29, 1.82) is 0 Å². The van der Waals surface area contributed by atoms with Gasteiger partial charge in [-0.2, -0.15) is 0 Å². The summed E-state index contributed by atoms with van der Waals surface area (Å²) in [7, 11) is 0. The van der Waals surface area contributed by atoms with Crippen molar-refractivity contribution in [2.24, 2.45) is 0 Å². The summed E-state index contributed by atoms with van der Waals surface area (Å²) in [6, 6.07) is 11.2. The van der Waals surface area contributed by atoms with Gasteiger partial charge < -0.3 is 9.73 Å². The van der Waals surface area contributed by atoms with Crippen LogP contribution in [0.25, 0.3) is 6.08 Å². The molecule has 0 saturated heterocycles. The van der Waals surface area contributed by atoms with E-state index in [2.05, 4.69) is 10.6 Å². The molecular formula is C15H14N2O2S. The minimum atomic E-state index is -0.313. The number of thiocarbonyl (C=S) groups is 1. The van der Waals surface area contributed by atoms with Crippen molar-refractivity contribution in [3.63, 3.8) is 0 Å². The second-order valence-electron chi connectivity index (χ2n) is 4.11. The highest BCUT2D eigenvalue weighted by Gasteiger charge is 2.03. The first-order valence-electron chi connectivity index (χ1n) is 6.04. The Bertz CT molecular complexity index is 633.